The third-order valence-electron chi connectivity index (χ3n) is 3.55. The van der Waals surface area contributed by atoms with Crippen LogP contribution >= 0.6 is 0 Å². The van der Waals surface area contributed by atoms with Crippen LogP contribution in [-0.4, -0.2) is 19.1 Å². The van der Waals surface area contributed by atoms with Gasteiger partial charge in [0.1, 0.15) is 5.75 Å². The van der Waals surface area contributed by atoms with Gasteiger partial charge in [-0.1, -0.05) is 48.5 Å². The largest absolute Gasteiger partial charge is 0.493 e. The lowest BCUT2D eigenvalue weighted by molar-refractivity contribution is -0.120. The Morgan fingerprint density at radius 1 is 1.10 bits per heavy atom. The fraction of sp³-hybridized carbons (Fsp3) is 0.235. The maximum absolute atomic E-state index is 11.9. The molecule has 20 heavy (non-hydrogen) atoms. The monoisotopic (exact) mass is 267 g/mol. The van der Waals surface area contributed by atoms with Gasteiger partial charge in [-0.2, -0.15) is 0 Å². The molecule has 102 valence electrons. The Balaban J connectivity index is 1.54. The molecule has 0 fully saturated rings. The zero-order valence-electron chi connectivity index (χ0n) is 11.2. The van der Waals surface area contributed by atoms with Gasteiger partial charge >= 0.3 is 0 Å². The summed E-state index contributed by atoms with van der Waals surface area (Å²) in [5.41, 5.74) is 2.22. The van der Waals surface area contributed by atoms with Crippen molar-refractivity contribution in [2.75, 3.05) is 13.2 Å². The molecular weight excluding hydrogens is 250 g/mol. The van der Waals surface area contributed by atoms with E-state index in [-0.39, 0.29) is 11.8 Å². The van der Waals surface area contributed by atoms with Crippen LogP contribution in [0.1, 0.15) is 17.0 Å². The third-order valence-corrected chi connectivity index (χ3v) is 3.55. The number of para-hydroxylation sites is 1. The van der Waals surface area contributed by atoms with Gasteiger partial charge in [0.15, 0.2) is 0 Å². The van der Waals surface area contributed by atoms with Crippen molar-refractivity contribution < 1.29 is 9.53 Å². The molecule has 0 saturated heterocycles. The lowest BCUT2D eigenvalue weighted by Gasteiger charge is -2.10. The Morgan fingerprint density at radius 2 is 1.85 bits per heavy atom. The van der Waals surface area contributed by atoms with E-state index in [1.165, 1.54) is 5.56 Å². The predicted octanol–water partition coefficient (Wildman–Crippen LogP) is 2.52. The number of rotatable bonds is 4. The Morgan fingerprint density at radius 3 is 2.70 bits per heavy atom. The van der Waals surface area contributed by atoms with Crippen molar-refractivity contribution in [3.63, 3.8) is 0 Å². The van der Waals surface area contributed by atoms with Gasteiger partial charge in [0.05, 0.1) is 13.0 Å². The number of hydrogen-bond donors (Lipinski definition) is 1. The molecule has 1 aliphatic rings. The molecule has 3 rings (SSSR count). The van der Waals surface area contributed by atoms with Gasteiger partial charge in [-0.05, 0) is 11.6 Å². The first kappa shape index (κ1) is 12.7. The number of fused-ring (bicyclic) bond motifs is 1. The summed E-state index contributed by atoms with van der Waals surface area (Å²) in [5.74, 6) is 1.25. The van der Waals surface area contributed by atoms with Crippen LogP contribution in [0.15, 0.2) is 54.6 Å². The first-order valence-electron chi connectivity index (χ1n) is 6.85. The molecule has 1 heterocycles. The quantitative estimate of drug-likeness (QED) is 0.924. The molecule has 1 aliphatic heterocycles. The average molecular weight is 267 g/mol. The first-order chi connectivity index (χ1) is 9.83. The summed E-state index contributed by atoms with van der Waals surface area (Å²) in [7, 11) is 0. The van der Waals surface area contributed by atoms with Crippen molar-refractivity contribution in [1.82, 2.24) is 5.32 Å². The van der Waals surface area contributed by atoms with Crippen molar-refractivity contribution in [2.24, 2.45) is 0 Å². The highest BCUT2D eigenvalue weighted by Crippen LogP contribution is 2.32. The van der Waals surface area contributed by atoms with E-state index in [0.29, 0.717) is 19.6 Å². The van der Waals surface area contributed by atoms with E-state index in [1.54, 1.807) is 0 Å². The van der Waals surface area contributed by atoms with Crippen molar-refractivity contribution >= 4 is 5.91 Å². The molecule has 1 N–H and O–H groups in total. The number of hydrogen-bond acceptors (Lipinski definition) is 2. The summed E-state index contributed by atoms with van der Waals surface area (Å²) < 4.78 is 5.61. The lowest BCUT2D eigenvalue weighted by Crippen LogP contribution is -2.30. The van der Waals surface area contributed by atoms with Crippen molar-refractivity contribution in [3.8, 4) is 5.75 Å². The highest BCUT2D eigenvalue weighted by atomic mass is 16.5. The molecule has 0 radical (unpaired) electrons. The Labute approximate surface area is 118 Å². The topological polar surface area (TPSA) is 38.3 Å². The third kappa shape index (κ3) is 2.82. The molecule has 0 saturated carbocycles. The lowest BCUT2D eigenvalue weighted by atomic mass is 10.0. The van der Waals surface area contributed by atoms with Gasteiger partial charge in [0.2, 0.25) is 5.91 Å². The number of carbonyl (C=O) groups excluding carboxylic acids is 1. The van der Waals surface area contributed by atoms with Gasteiger partial charge in [-0.15, -0.1) is 0 Å². The minimum atomic E-state index is 0.0561. The van der Waals surface area contributed by atoms with Crippen LogP contribution in [0.3, 0.4) is 0 Å². The molecule has 1 amide bonds. The number of carbonyl (C=O) groups is 1. The van der Waals surface area contributed by atoms with Gasteiger partial charge in [0, 0.05) is 18.0 Å². The molecule has 1 unspecified atom stereocenters. The minimum Gasteiger partial charge on any atom is -0.493 e. The summed E-state index contributed by atoms with van der Waals surface area (Å²) in [4.78, 5) is 11.9. The average Bonchev–Trinajstić information content (AvgIpc) is 2.89. The van der Waals surface area contributed by atoms with Crippen LogP contribution in [0, 0.1) is 0 Å². The molecule has 0 spiro atoms. The Bertz CT molecular complexity index is 595. The summed E-state index contributed by atoms with van der Waals surface area (Å²) in [6, 6.07) is 17.8. The number of ether oxygens (including phenoxy) is 1. The Kier molecular flexibility index (Phi) is 3.68. The molecular formula is C17H17NO2. The number of amides is 1. The second-order valence-corrected chi connectivity index (χ2v) is 5.01. The van der Waals surface area contributed by atoms with Gasteiger partial charge < -0.3 is 10.1 Å². The molecule has 2 aromatic carbocycles. The van der Waals surface area contributed by atoms with Crippen LogP contribution in [0.2, 0.25) is 0 Å². The van der Waals surface area contributed by atoms with Gasteiger partial charge in [0.25, 0.3) is 0 Å². The van der Waals surface area contributed by atoms with E-state index in [4.69, 9.17) is 4.74 Å². The van der Waals surface area contributed by atoms with Crippen molar-refractivity contribution in [2.45, 2.75) is 12.3 Å². The fourth-order valence-corrected chi connectivity index (χ4v) is 2.48. The van der Waals surface area contributed by atoms with E-state index in [1.807, 2.05) is 48.5 Å². The van der Waals surface area contributed by atoms with Crippen LogP contribution in [0.25, 0.3) is 0 Å². The predicted molar refractivity (Wildman–Crippen MR) is 77.8 cm³/mol. The summed E-state index contributed by atoms with van der Waals surface area (Å²) in [6.45, 7) is 1.27. The molecule has 2 aromatic rings. The standard InChI is InChI=1S/C17H17NO2/c19-17(10-13-6-2-1-3-7-13)18-11-14-12-20-16-9-5-4-8-15(14)16/h1-9,14H,10-12H2,(H,18,19). The second-order valence-electron chi connectivity index (χ2n) is 5.01. The highest BCUT2D eigenvalue weighted by molar-refractivity contribution is 5.78. The Hall–Kier alpha value is -2.29. The molecule has 1 atom stereocenters. The highest BCUT2D eigenvalue weighted by Gasteiger charge is 2.23. The molecule has 3 heteroatoms. The zero-order chi connectivity index (χ0) is 13.8. The van der Waals surface area contributed by atoms with Crippen molar-refractivity contribution in [1.29, 1.82) is 0 Å². The summed E-state index contributed by atoms with van der Waals surface area (Å²) >= 11 is 0. The van der Waals surface area contributed by atoms with E-state index in [0.717, 1.165) is 11.3 Å². The fourth-order valence-electron chi connectivity index (χ4n) is 2.48. The SMILES string of the molecule is O=C(Cc1ccccc1)NCC1COc2ccccc21. The van der Waals surface area contributed by atoms with E-state index in [9.17, 15) is 4.79 Å². The van der Waals surface area contributed by atoms with Crippen LogP contribution in [0.5, 0.6) is 5.75 Å². The van der Waals surface area contributed by atoms with Crippen LogP contribution < -0.4 is 10.1 Å². The normalized spacial score (nSPS) is 16.3. The smallest absolute Gasteiger partial charge is 0.224 e. The number of nitrogens with one attached hydrogen (secondary N) is 1. The molecule has 0 aromatic heterocycles. The summed E-state index contributed by atoms with van der Waals surface area (Å²) in [6.07, 6.45) is 0.427. The minimum absolute atomic E-state index is 0.0561. The number of benzene rings is 2. The van der Waals surface area contributed by atoms with Gasteiger partial charge in [-0.25, -0.2) is 0 Å². The summed E-state index contributed by atoms with van der Waals surface area (Å²) in [5, 5.41) is 3.00. The van der Waals surface area contributed by atoms with E-state index < -0.39 is 0 Å². The maximum Gasteiger partial charge on any atom is 0.224 e. The van der Waals surface area contributed by atoms with E-state index in [2.05, 4.69) is 11.4 Å². The molecule has 0 aliphatic carbocycles. The first-order valence-corrected chi connectivity index (χ1v) is 6.85. The van der Waals surface area contributed by atoms with Crippen molar-refractivity contribution in [3.05, 3.63) is 65.7 Å². The molecule has 0 bridgehead atoms. The second kappa shape index (κ2) is 5.78. The van der Waals surface area contributed by atoms with E-state index >= 15 is 0 Å². The molecule has 3 nitrogen and oxygen atoms in total. The maximum atomic E-state index is 11.9. The van der Waals surface area contributed by atoms with Crippen LogP contribution in [0.4, 0.5) is 0 Å². The van der Waals surface area contributed by atoms with Crippen LogP contribution in [-0.2, 0) is 11.2 Å². The zero-order valence-corrected chi connectivity index (χ0v) is 11.2. The van der Waals surface area contributed by atoms with Gasteiger partial charge in [-0.3, -0.25) is 4.79 Å².